The summed E-state index contributed by atoms with van der Waals surface area (Å²) in [6.07, 6.45) is 1.15. The van der Waals surface area contributed by atoms with Crippen LogP contribution in [0, 0.1) is 6.92 Å². The number of rotatable bonds is 2. The molecule has 1 unspecified atom stereocenters. The number of sulfone groups is 1. The van der Waals surface area contributed by atoms with Gasteiger partial charge in [0.15, 0.2) is 15.7 Å². The van der Waals surface area contributed by atoms with Gasteiger partial charge in [0.2, 0.25) is 0 Å². The first kappa shape index (κ1) is 14.2. The number of H-pyrrole nitrogens is 1. The summed E-state index contributed by atoms with van der Waals surface area (Å²) in [6.45, 7) is 2.08. The summed E-state index contributed by atoms with van der Waals surface area (Å²) in [7, 11) is -3.32. The van der Waals surface area contributed by atoms with Crippen LogP contribution in [0.25, 0.3) is 0 Å². The van der Waals surface area contributed by atoms with E-state index in [1.807, 2.05) is 0 Å². The summed E-state index contributed by atoms with van der Waals surface area (Å²) in [6, 6.07) is 0. The van der Waals surface area contributed by atoms with Gasteiger partial charge >= 0.3 is 0 Å². The number of carbonyl (C=O) groups is 1. The van der Waals surface area contributed by atoms with Gasteiger partial charge in [-0.2, -0.15) is 16.9 Å². The second kappa shape index (κ2) is 5.04. The number of nitrogens with two attached hydrogens (primary N) is 1. The standard InChI is InChI=1S/C10H16N4O3S2/c1-6-8(9(11)13-12-6)10(15)14-3-4-18-5-7(14)19(2,16)17/h7H,3-5H2,1-2H3,(H3,11,12,13). The van der Waals surface area contributed by atoms with Crippen LogP contribution in [0.3, 0.4) is 0 Å². The largest absolute Gasteiger partial charge is 0.382 e. The summed E-state index contributed by atoms with van der Waals surface area (Å²) >= 11 is 1.53. The van der Waals surface area contributed by atoms with Crippen molar-refractivity contribution in [3.05, 3.63) is 11.3 Å². The lowest BCUT2D eigenvalue weighted by Gasteiger charge is -2.34. The maximum Gasteiger partial charge on any atom is 0.260 e. The van der Waals surface area contributed by atoms with E-state index in [0.717, 1.165) is 6.26 Å². The van der Waals surface area contributed by atoms with E-state index >= 15 is 0 Å². The van der Waals surface area contributed by atoms with Crippen LogP contribution in [0.5, 0.6) is 0 Å². The minimum atomic E-state index is -3.32. The lowest BCUT2D eigenvalue weighted by molar-refractivity contribution is 0.0750. The average molecular weight is 304 g/mol. The van der Waals surface area contributed by atoms with E-state index in [4.69, 9.17) is 5.73 Å². The molecule has 7 nitrogen and oxygen atoms in total. The molecule has 1 aliphatic heterocycles. The van der Waals surface area contributed by atoms with E-state index in [1.54, 1.807) is 6.92 Å². The number of aryl methyl sites for hydroxylation is 1. The number of amides is 1. The van der Waals surface area contributed by atoms with E-state index in [1.165, 1.54) is 16.7 Å². The molecule has 106 valence electrons. The van der Waals surface area contributed by atoms with Crippen molar-refractivity contribution < 1.29 is 13.2 Å². The van der Waals surface area contributed by atoms with Crippen LogP contribution in [0.1, 0.15) is 16.1 Å². The number of anilines is 1. The van der Waals surface area contributed by atoms with Gasteiger partial charge in [-0.05, 0) is 6.92 Å². The molecule has 1 aromatic rings. The Hall–Kier alpha value is -1.22. The van der Waals surface area contributed by atoms with Crippen LogP contribution < -0.4 is 5.73 Å². The van der Waals surface area contributed by atoms with Crippen molar-refractivity contribution in [1.82, 2.24) is 15.1 Å². The summed E-state index contributed by atoms with van der Waals surface area (Å²) in [4.78, 5) is 13.8. The summed E-state index contributed by atoms with van der Waals surface area (Å²) in [5.41, 5.74) is 6.47. The number of aromatic amines is 1. The van der Waals surface area contributed by atoms with E-state index in [2.05, 4.69) is 10.2 Å². The Bertz CT molecular complexity index is 576. The van der Waals surface area contributed by atoms with Gasteiger partial charge in [0, 0.05) is 30.0 Å². The highest BCUT2D eigenvalue weighted by atomic mass is 32.2. The molecule has 0 aromatic carbocycles. The van der Waals surface area contributed by atoms with E-state index in [-0.39, 0.29) is 17.3 Å². The minimum Gasteiger partial charge on any atom is -0.382 e. The van der Waals surface area contributed by atoms with Crippen molar-refractivity contribution in [3.63, 3.8) is 0 Å². The Morgan fingerprint density at radius 3 is 2.79 bits per heavy atom. The number of hydrogen-bond donors (Lipinski definition) is 2. The maximum atomic E-state index is 12.5. The molecule has 1 saturated heterocycles. The molecule has 2 heterocycles. The summed E-state index contributed by atoms with van der Waals surface area (Å²) in [5.74, 6) is 0.836. The normalized spacial score (nSPS) is 20.5. The van der Waals surface area contributed by atoms with E-state index in [9.17, 15) is 13.2 Å². The third-order valence-corrected chi connectivity index (χ3v) is 5.67. The van der Waals surface area contributed by atoms with Gasteiger partial charge in [-0.15, -0.1) is 0 Å². The zero-order chi connectivity index (χ0) is 14.2. The molecule has 19 heavy (non-hydrogen) atoms. The van der Waals surface area contributed by atoms with Crippen LogP contribution in [0.15, 0.2) is 0 Å². The molecule has 1 amide bonds. The van der Waals surface area contributed by atoms with Gasteiger partial charge in [0.05, 0.1) is 0 Å². The van der Waals surface area contributed by atoms with Crippen molar-refractivity contribution in [2.75, 3.05) is 30.0 Å². The zero-order valence-electron chi connectivity index (χ0n) is 10.7. The molecule has 1 aliphatic rings. The van der Waals surface area contributed by atoms with E-state index < -0.39 is 15.2 Å². The number of nitrogens with one attached hydrogen (secondary N) is 1. The predicted octanol–water partition coefficient (Wildman–Crippen LogP) is -0.140. The SMILES string of the molecule is Cc1[nH]nc(N)c1C(=O)N1CCSCC1S(C)(=O)=O. The fourth-order valence-corrected chi connectivity index (χ4v) is 4.84. The summed E-state index contributed by atoms with van der Waals surface area (Å²) < 4.78 is 23.6. The first-order chi connectivity index (χ1) is 8.82. The van der Waals surface area contributed by atoms with Crippen LogP contribution in [-0.2, 0) is 9.84 Å². The molecule has 0 saturated carbocycles. The quantitative estimate of drug-likeness (QED) is 0.787. The molecule has 0 bridgehead atoms. The molecule has 2 rings (SSSR count). The molecular weight excluding hydrogens is 288 g/mol. The Kier molecular flexibility index (Phi) is 3.77. The van der Waals surface area contributed by atoms with Gasteiger partial charge in [0.25, 0.3) is 5.91 Å². The Balaban J connectivity index is 2.36. The molecular formula is C10H16N4O3S2. The second-order valence-electron chi connectivity index (χ2n) is 4.47. The Morgan fingerprint density at radius 1 is 1.58 bits per heavy atom. The van der Waals surface area contributed by atoms with E-state index in [0.29, 0.717) is 23.7 Å². The molecule has 0 spiro atoms. The van der Waals surface area contributed by atoms with Crippen LogP contribution in [0.2, 0.25) is 0 Å². The first-order valence-electron chi connectivity index (χ1n) is 5.70. The molecule has 1 atom stereocenters. The monoisotopic (exact) mass is 304 g/mol. The van der Waals surface area contributed by atoms with Crippen molar-refractivity contribution in [1.29, 1.82) is 0 Å². The number of nitrogens with zero attached hydrogens (tertiary/aromatic N) is 2. The lowest BCUT2D eigenvalue weighted by atomic mass is 10.2. The number of nitrogen functional groups attached to an aromatic ring is 1. The molecule has 1 fully saturated rings. The van der Waals surface area contributed by atoms with Crippen molar-refractivity contribution >= 4 is 33.3 Å². The topological polar surface area (TPSA) is 109 Å². The fourth-order valence-electron chi connectivity index (χ4n) is 2.03. The lowest BCUT2D eigenvalue weighted by Crippen LogP contribution is -2.50. The smallest absolute Gasteiger partial charge is 0.260 e. The Morgan fingerprint density at radius 2 is 2.26 bits per heavy atom. The highest BCUT2D eigenvalue weighted by Gasteiger charge is 2.36. The summed E-state index contributed by atoms with van der Waals surface area (Å²) in [5, 5.41) is 5.60. The van der Waals surface area contributed by atoms with Crippen molar-refractivity contribution in [2.45, 2.75) is 12.3 Å². The van der Waals surface area contributed by atoms with Gasteiger partial charge < -0.3 is 10.6 Å². The second-order valence-corrected chi connectivity index (χ2v) is 7.82. The van der Waals surface area contributed by atoms with Crippen LogP contribution in [-0.4, -0.2) is 59.1 Å². The van der Waals surface area contributed by atoms with Gasteiger partial charge in [0.1, 0.15) is 10.9 Å². The van der Waals surface area contributed by atoms with Crippen LogP contribution >= 0.6 is 11.8 Å². The number of carbonyl (C=O) groups excluding carboxylic acids is 1. The highest BCUT2D eigenvalue weighted by Crippen LogP contribution is 2.24. The van der Waals surface area contributed by atoms with Gasteiger partial charge in [-0.1, -0.05) is 0 Å². The van der Waals surface area contributed by atoms with Gasteiger partial charge in [-0.25, -0.2) is 8.42 Å². The number of hydrogen-bond acceptors (Lipinski definition) is 6. The molecule has 1 aromatic heterocycles. The Labute approximate surface area is 115 Å². The molecule has 9 heteroatoms. The third-order valence-electron chi connectivity index (χ3n) is 3.03. The highest BCUT2D eigenvalue weighted by molar-refractivity contribution is 8.00. The molecule has 3 N–H and O–H groups in total. The molecule has 0 radical (unpaired) electrons. The van der Waals surface area contributed by atoms with Gasteiger partial charge in [-0.3, -0.25) is 9.89 Å². The predicted molar refractivity (Wildman–Crippen MR) is 74.7 cm³/mol. The number of thioether (sulfide) groups is 1. The minimum absolute atomic E-state index is 0.105. The average Bonchev–Trinajstić information content (AvgIpc) is 2.67. The fraction of sp³-hybridized carbons (Fsp3) is 0.600. The first-order valence-corrected chi connectivity index (χ1v) is 8.81. The van der Waals surface area contributed by atoms with Crippen molar-refractivity contribution in [3.8, 4) is 0 Å². The van der Waals surface area contributed by atoms with Crippen molar-refractivity contribution in [2.24, 2.45) is 0 Å². The number of aromatic nitrogens is 2. The zero-order valence-corrected chi connectivity index (χ0v) is 12.3. The van der Waals surface area contributed by atoms with Crippen LogP contribution in [0.4, 0.5) is 5.82 Å². The maximum absolute atomic E-state index is 12.5. The third kappa shape index (κ3) is 2.71. The molecule has 0 aliphatic carbocycles.